The Morgan fingerprint density at radius 1 is 0.960 bits per heavy atom. The lowest BCUT2D eigenvalue weighted by Gasteiger charge is -2.02. The Kier molecular flexibility index (Phi) is 4.20. The smallest absolute Gasteiger partial charge is 0.263 e. The van der Waals surface area contributed by atoms with Crippen molar-refractivity contribution in [1.29, 1.82) is 0 Å². The van der Waals surface area contributed by atoms with Gasteiger partial charge in [-0.25, -0.2) is 0 Å². The first-order valence-electron chi connectivity index (χ1n) is 8.11. The number of fused-ring (bicyclic) bond motifs is 1. The number of para-hydroxylation sites is 1. The van der Waals surface area contributed by atoms with Crippen LogP contribution in [0.4, 0.5) is 0 Å². The fraction of sp³-hybridized carbons (Fsp3) is 0.0455. The Morgan fingerprint density at radius 3 is 2.48 bits per heavy atom. The van der Waals surface area contributed by atoms with Crippen molar-refractivity contribution in [3.8, 4) is 18.0 Å². The second-order valence-corrected chi connectivity index (χ2v) is 6.78. The van der Waals surface area contributed by atoms with Gasteiger partial charge in [-0.3, -0.25) is 0 Å². The molecular weight excluding hydrogens is 324 g/mol. The molecule has 0 saturated carbocycles. The second kappa shape index (κ2) is 6.80. The first-order valence-corrected chi connectivity index (χ1v) is 8.93. The molecule has 0 saturated heterocycles. The van der Waals surface area contributed by atoms with E-state index >= 15 is 0 Å². The van der Waals surface area contributed by atoms with Gasteiger partial charge in [-0.2, -0.15) is 4.57 Å². The Balaban J connectivity index is 1.64. The maximum absolute atomic E-state index is 5.56. The van der Waals surface area contributed by atoms with Crippen LogP contribution in [0.3, 0.4) is 0 Å². The van der Waals surface area contributed by atoms with Crippen LogP contribution in [0.5, 0.6) is 0 Å². The van der Waals surface area contributed by atoms with Gasteiger partial charge in [0.15, 0.2) is 0 Å². The minimum atomic E-state index is 0.580. The Morgan fingerprint density at radius 2 is 1.72 bits per heavy atom. The summed E-state index contributed by atoms with van der Waals surface area (Å²) < 4.78 is 5.53. The molecule has 0 N–H and O–H groups in total. The van der Waals surface area contributed by atoms with Crippen molar-refractivity contribution in [2.24, 2.45) is 0 Å². The highest BCUT2D eigenvalue weighted by Crippen LogP contribution is 2.22. The number of rotatable bonds is 4. The van der Waals surface area contributed by atoms with E-state index in [0.717, 1.165) is 10.7 Å². The van der Waals surface area contributed by atoms with E-state index in [2.05, 4.69) is 75.7 Å². The van der Waals surface area contributed by atoms with Gasteiger partial charge >= 0.3 is 0 Å². The van der Waals surface area contributed by atoms with Crippen LogP contribution in [0.25, 0.3) is 28.1 Å². The zero-order valence-corrected chi connectivity index (χ0v) is 14.5. The number of hydrogen-bond donors (Lipinski definition) is 0. The molecule has 25 heavy (non-hydrogen) atoms. The van der Waals surface area contributed by atoms with Gasteiger partial charge in [-0.05, 0) is 47.9 Å². The number of aromatic nitrogens is 2. The second-order valence-electron chi connectivity index (χ2n) is 5.71. The quantitative estimate of drug-likeness (QED) is 0.373. The summed E-state index contributed by atoms with van der Waals surface area (Å²) in [7, 11) is 0. The lowest BCUT2D eigenvalue weighted by atomic mass is 10.2. The van der Waals surface area contributed by atoms with Crippen molar-refractivity contribution >= 4 is 33.7 Å². The summed E-state index contributed by atoms with van der Waals surface area (Å²) in [6.07, 6.45) is 13.9. The number of hydrogen-bond acceptors (Lipinski definition) is 1. The van der Waals surface area contributed by atoms with Crippen molar-refractivity contribution < 1.29 is 4.57 Å². The molecule has 0 spiro atoms. The molecule has 0 aliphatic heterocycles. The van der Waals surface area contributed by atoms with Crippen molar-refractivity contribution in [2.75, 3.05) is 0 Å². The van der Waals surface area contributed by atoms with E-state index in [1.54, 1.807) is 11.3 Å². The molecule has 2 nitrogen and oxygen atoms in total. The predicted molar refractivity (Wildman–Crippen MR) is 106 cm³/mol. The Labute approximate surface area is 151 Å². The summed E-state index contributed by atoms with van der Waals surface area (Å²) >= 11 is 1.76. The Hall–Kier alpha value is -3.09. The molecule has 0 aliphatic rings. The average Bonchev–Trinajstić information content (AvgIpc) is 3.30. The fourth-order valence-corrected chi connectivity index (χ4v) is 3.93. The molecule has 4 rings (SSSR count). The van der Waals surface area contributed by atoms with Crippen LogP contribution < -0.4 is 4.57 Å². The minimum absolute atomic E-state index is 0.580. The standard InChI is InChI=1S/C22H17N2S/c1-2-15-24-20-7-3-4-8-21(20)25-22(24)14-11-18-9-12-19(13-10-18)23-16-5-6-17-23/h1,3-14,16-17H,15H2/q+1. The van der Waals surface area contributed by atoms with Crippen LogP contribution in [0, 0.1) is 12.3 Å². The van der Waals surface area contributed by atoms with Gasteiger partial charge in [0.05, 0.1) is 0 Å². The highest BCUT2D eigenvalue weighted by atomic mass is 32.1. The SMILES string of the molecule is C#CC[n+]1c(/C=C/c2ccc(-n3cccc3)cc2)sc2ccccc21. The third kappa shape index (κ3) is 3.13. The van der Waals surface area contributed by atoms with Gasteiger partial charge in [0.1, 0.15) is 4.70 Å². The van der Waals surface area contributed by atoms with E-state index in [4.69, 9.17) is 6.42 Å². The summed E-state index contributed by atoms with van der Waals surface area (Å²) in [4.78, 5) is 0. The molecule has 2 aromatic heterocycles. The van der Waals surface area contributed by atoms with Crippen LogP contribution in [0.1, 0.15) is 10.6 Å². The molecule has 0 amide bonds. The molecule has 4 aromatic rings. The maximum atomic E-state index is 5.56. The van der Waals surface area contributed by atoms with Crippen molar-refractivity contribution in [2.45, 2.75) is 6.54 Å². The van der Waals surface area contributed by atoms with Crippen molar-refractivity contribution in [1.82, 2.24) is 4.57 Å². The number of nitrogens with zero attached hydrogens (tertiary/aromatic N) is 2. The number of terminal acetylenes is 1. The highest BCUT2D eigenvalue weighted by molar-refractivity contribution is 7.18. The van der Waals surface area contributed by atoms with Gasteiger partial charge in [-0.15, -0.1) is 6.42 Å². The first-order chi connectivity index (χ1) is 12.3. The highest BCUT2D eigenvalue weighted by Gasteiger charge is 2.16. The molecule has 2 heterocycles. The molecule has 2 aromatic carbocycles. The minimum Gasteiger partial charge on any atom is -0.324 e. The zero-order valence-electron chi connectivity index (χ0n) is 13.7. The van der Waals surface area contributed by atoms with Crippen LogP contribution in [-0.4, -0.2) is 4.57 Å². The molecule has 0 radical (unpaired) electrons. The van der Waals surface area contributed by atoms with Crippen molar-refractivity contribution in [3.63, 3.8) is 0 Å². The van der Waals surface area contributed by atoms with E-state index < -0.39 is 0 Å². The van der Waals surface area contributed by atoms with E-state index in [1.807, 2.05) is 24.5 Å². The topological polar surface area (TPSA) is 8.81 Å². The summed E-state index contributed by atoms with van der Waals surface area (Å²) in [5, 5.41) is 1.16. The summed E-state index contributed by atoms with van der Waals surface area (Å²) in [5.74, 6) is 2.76. The summed E-state index contributed by atoms with van der Waals surface area (Å²) in [6.45, 7) is 0.580. The van der Waals surface area contributed by atoms with Gasteiger partial charge < -0.3 is 4.57 Å². The molecule has 0 aliphatic carbocycles. The third-order valence-electron chi connectivity index (χ3n) is 4.10. The lowest BCUT2D eigenvalue weighted by Crippen LogP contribution is -2.34. The van der Waals surface area contributed by atoms with E-state index in [1.165, 1.54) is 15.8 Å². The third-order valence-corrected chi connectivity index (χ3v) is 5.23. The molecule has 0 fully saturated rings. The van der Waals surface area contributed by atoms with Gasteiger partial charge in [0.2, 0.25) is 12.1 Å². The summed E-state index contributed by atoms with van der Waals surface area (Å²) in [6, 6.07) is 20.9. The zero-order chi connectivity index (χ0) is 17.1. The molecule has 0 unspecified atom stereocenters. The fourth-order valence-electron chi connectivity index (χ4n) is 2.86. The van der Waals surface area contributed by atoms with Gasteiger partial charge in [0, 0.05) is 30.2 Å². The van der Waals surface area contributed by atoms with Gasteiger partial charge in [0.25, 0.3) is 5.01 Å². The number of thiazole rings is 1. The molecule has 0 bridgehead atoms. The molecule has 0 atom stereocenters. The predicted octanol–water partition coefficient (Wildman–Crippen LogP) is 4.78. The average molecular weight is 341 g/mol. The van der Waals surface area contributed by atoms with E-state index in [-0.39, 0.29) is 0 Å². The first kappa shape index (κ1) is 15.4. The molecule has 3 heteroatoms. The monoisotopic (exact) mass is 341 g/mol. The normalized spacial score (nSPS) is 11.2. The largest absolute Gasteiger partial charge is 0.324 e. The number of benzene rings is 2. The van der Waals surface area contributed by atoms with Crippen LogP contribution in [0.2, 0.25) is 0 Å². The van der Waals surface area contributed by atoms with Crippen LogP contribution >= 0.6 is 11.3 Å². The molecule has 120 valence electrons. The van der Waals surface area contributed by atoms with E-state index in [9.17, 15) is 0 Å². The van der Waals surface area contributed by atoms with Crippen LogP contribution in [0.15, 0.2) is 73.1 Å². The van der Waals surface area contributed by atoms with Crippen LogP contribution in [-0.2, 0) is 6.54 Å². The molecular formula is C22H17N2S+. The lowest BCUT2D eigenvalue weighted by molar-refractivity contribution is -0.655. The van der Waals surface area contributed by atoms with Crippen molar-refractivity contribution in [3.05, 3.63) is 83.6 Å². The van der Waals surface area contributed by atoms with Gasteiger partial charge in [-0.1, -0.05) is 35.6 Å². The maximum Gasteiger partial charge on any atom is 0.263 e. The van der Waals surface area contributed by atoms with E-state index in [0.29, 0.717) is 6.54 Å². The summed E-state index contributed by atoms with van der Waals surface area (Å²) in [5.41, 5.74) is 3.51. The Bertz CT molecular complexity index is 1060.